The van der Waals surface area contributed by atoms with Crippen molar-refractivity contribution in [3.63, 3.8) is 0 Å². The van der Waals surface area contributed by atoms with E-state index >= 15 is 0 Å². The number of rotatable bonds is 3. The van der Waals surface area contributed by atoms with Gasteiger partial charge in [0.25, 0.3) is 0 Å². The van der Waals surface area contributed by atoms with Crippen molar-refractivity contribution in [3.05, 3.63) is 45.7 Å². The van der Waals surface area contributed by atoms with Crippen LogP contribution in [-0.2, 0) is 7.05 Å². The predicted molar refractivity (Wildman–Crippen MR) is 72.1 cm³/mol. The summed E-state index contributed by atoms with van der Waals surface area (Å²) in [5.74, 6) is 0.369. The van der Waals surface area contributed by atoms with Crippen LogP contribution in [0.25, 0.3) is 0 Å². The molecule has 5 heteroatoms. The van der Waals surface area contributed by atoms with Crippen LogP contribution in [0.2, 0.25) is 0 Å². The molecule has 0 atom stereocenters. The third-order valence-corrected chi connectivity index (χ3v) is 3.37. The number of aryl methyl sites for hydroxylation is 2. The Labute approximate surface area is 114 Å². The Morgan fingerprint density at radius 1 is 1.44 bits per heavy atom. The van der Waals surface area contributed by atoms with Crippen molar-refractivity contribution in [2.24, 2.45) is 7.05 Å². The zero-order valence-electron chi connectivity index (χ0n) is 10.4. The summed E-state index contributed by atoms with van der Waals surface area (Å²) < 4.78 is 7.45. The van der Waals surface area contributed by atoms with E-state index < -0.39 is 0 Å². The lowest BCUT2D eigenvalue weighted by atomic mass is 10.1. The Bertz CT molecular complexity index is 605. The van der Waals surface area contributed by atoms with Crippen molar-refractivity contribution in [1.82, 2.24) is 9.78 Å². The molecule has 18 heavy (non-hydrogen) atoms. The van der Waals surface area contributed by atoms with Crippen LogP contribution in [0.3, 0.4) is 0 Å². The van der Waals surface area contributed by atoms with Gasteiger partial charge < -0.3 is 4.74 Å². The van der Waals surface area contributed by atoms with Crippen LogP contribution in [0.1, 0.15) is 21.6 Å². The molecule has 94 valence electrons. The van der Waals surface area contributed by atoms with Gasteiger partial charge in [-0.05, 0) is 24.6 Å². The molecule has 1 heterocycles. The van der Waals surface area contributed by atoms with Gasteiger partial charge in [0.2, 0.25) is 5.78 Å². The Kier molecular flexibility index (Phi) is 3.52. The van der Waals surface area contributed by atoms with E-state index in [0.29, 0.717) is 17.0 Å². The van der Waals surface area contributed by atoms with E-state index in [0.717, 1.165) is 10.0 Å². The molecule has 4 nitrogen and oxygen atoms in total. The maximum atomic E-state index is 12.5. The molecule has 0 spiro atoms. The molecule has 0 radical (unpaired) electrons. The van der Waals surface area contributed by atoms with E-state index in [4.69, 9.17) is 4.74 Å². The standard InChI is InChI=1S/C13H13BrN2O2/c1-8-4-5-9(10(14)6-8)13(17)12-11(18-3)7-15-16(12)2/h4-7H,1-3H3. The number of benzene rings is 1. The molecule has 1 aromatic heterocycles. The number of nitrogens with zero attached hydrogens (tertiary/aromatic N) is 2. The van der Waals surface area contributed by atoms with Gasteiger partial charge in [-0.3, -0.25) is 9.48 Å². The van der Waals surface area contributed by atoms with Crippen LogP contribution in [0, 0.1) is 6.92 Å². The molecule has 0 aliphatic carbocycles. The molecule has 0 bridgehead atoms. The third-order valence-electron chi connectivity index (χ3n) is 2.71. The first-order valence-electron chi connectivity index (χ1n) is 5.41. The van der Waals surface area contributed by atoms with Gasteiger partial charge in [0.1, 0.15) is 0 Å². The Morgan fingerprint density at radius 3 is 2.78 bits per heavy atom. The first kappa shape index (κ1) is 12.8. The van der Waals surface area contributed by atoms with Gasteiger partial charge >= 0.3 is 0 Å². The highest BCUT2D eigenvalue weighted by Gasteiger charge is 2.21. The largest absolute Gasteiger partial charge is 0.493 e. The minimum atomic E-state index is -0.112. The average Bonchev–Trinajstić information content (AvgIpc) is 2.69. The zero-order valence-corrected chi connectivity index (χ0v) is 12.0. The number of methoxy groups -OCH3 is 1. The van der Waals surface area contributed by atoms with Gasteiger partial charge in [0.15, 0.2) is 11.4 Å². The zero-order chi connectivity index (χ0) is 13.3. The summed E-state index contributed by atoms with van der Waals surface area (Å²) in [4.78, 5) is 12.5. The molecular formula is C13H13BrN2O2. The van der Waals surface area contributed by atoms with Gasteiger partial charge in [0, 0.05) is 17.1 Å². The second-order valence-electron chi connectivity index (χ2n) is 4.00. The van der Waals surface area contributed by atoms with Crippen molar-refractivity contribution < 1.29 is 9.53 Å². The molecule has 0 amide bonds. The average molecular weight is 309 g/mol. The number of aromatic nitrogens is 2. The van der Waals surface area contributed by atoms with Crippen LogP contribution in [0.4, 0.5) is 0 Å². The maximum absolute atomic E-state index is 12.5. The summed E-state index contributed by atoms with van der Waals surface area (Å²) in [5, 5.41) is 4.04. The van der Waals surface area contributed by atoms with Gasteiger partial charge in [0.05, 0.1) is 13.3 Å². The van der Waals surface area contributed by atoms with Gasteiger partial charge in [-0.2, -0.15) is 5.10 Å². The smallest absolute Gasteiger partial charge is 0.215 e. The lowest BCUT2D eigenvalue weighted by Gasteiger charge is -2.07. The fourth-order valence-corrected chi connectivity index (χ4v) is 2.43. The number of ether oxygens (including phenoxy) is 1. The quantitative estimate of drug-likeness (QED) is 0.819. The third kappa shape index (κ3) is 2.18. The second-order valence-corrected chi connectivity index (χ2v) is 4.85. The summed E-state index contributed by atoms with van der Waals surface area (Å²) >= 11 is 3.41. The van der Waals surface area contributed by atoms with Crippen LogP contribution < -0.4 is 4.74 Å². The summed E-state index contributed by atoms with van der Waals surface area (Å²) in [7, 11) is 3.25. The highest BCUT2D eigenvalue weighted by molar-refractivity contribution is 9.10. The fraction of sp³-hybridized carbons (Fsp3) is 0.231. The van der Waals surface area contributed by atoms with Crippen LogP contribution in [0.15, 0.2) is 28.9 Å². The summed E-state index contributed by atoms with van der Waals surface area (Å²) in [5.41, 5.74) is 2.14. The van der Waals surface area contributed by atoms with E-state index in [-0.39, 0.29) is 5.78 Å². The Hall–Kier alpha value is -1.62. The van der Waals surface area contributed by atoms with Gasteiger partial charge in [-0.15, -0.1) is 0 Å². The molecule has 0 aliphatic rings. The Balaban J connectivity index is 2.51. The van der Waals surface area contributed by atoms with Crippen LogP contribution in [-0.4, -0.2) is 22.7 Å². The predicted octanol–water partition coefficient (Wildman–Crippen LogP) is 2.73. The first-order chi connectivity index (χ1) is 8.54. The lowest BCUT2D eigenvalue weighted by Crippen LogP contribution is -2.10. The molecule has 1 aromatic carbocycles. The first-order valence-corrected chi connectivity index (χ1v) is 6.20. The number of ketones is 1. The monoisotopic (exact) mass is 308 g/mol. The van der Waals surface area contributed by atoms with Gasteiger partial charge in [-0.25, -0.2) is 0 Å². The molecular weight excluding hydrogens is 296 g/mol. The minimum absolute atomic E-state index is 0.112. The number of carbonyl (C=O) groups excluding carboxylic acids is 1. The van der Waals surface area contributed by atoms with E-state index in [9.17, 15) is 4.79 Å². The molecule has 0 saturated carbocycles. The van der Waals surface area contributed by atoms with Crippen molar-refractivity contribution in [2.75, 3.05) is 7.11 Å². The molecule has 0 N–H and O–H groups in total. The van der Waals surface area contributed by atoms with E-state index in [1.54, 1.807) is 13.1 Å². The highest BCUT2D eigenvalue weighted by Crippen LogP contribution is 2.25. The van der Waals surface area contributed by atoms with Gasteiger partial charge in [-0.1, -0.05) is 22.0 Å². The summed E-state index contributed by atoms with van der Waals surface area (Å²) in [6.07, 6.45) is 1.54. The second kappa shape index (κ2) is 4.94. The summed E-state index contributed by atoms with van der Waals surface area (Å²) in [6.45, 7) is 1.98. The molecule has 0 aliphatic heterocycles. The van der Waals surface area contributed by atoms with Crippen molar-refractivity contribution in [2.45, 2.75) is 6.92 Å². The minimum Gasteiger partial charge on any atom is -0.493 e. The maximum Gasteiger partial charge on any atom is 0.215 e. The number of carbonyl (C=O) groups is 1. The van der Waals surface area contributed by atoms with E-state index in [1.807, 2.05) is 19.1 Å². The number of hydrogen-bond acceptors (Lipinski definition) is 3. The SMILES string of the molecule is COc1cnn(C)c1C(=O)c1ccc(C)cc1Br. The topological polar surface area (TPSA) is 44.1 Å². The number of hydrogen-bond donors (Lipinski definition) is 0. The molecule has 0 unspecified atom stereocenters. The van der Waals surface area contributed by atoms with Crippen LogP contribution >= 0.6 is 15.9 Å². The molecule has 0 fully saturated rings. The lowest BCUT2D eigenvalue weighted by molar-refractivity contribution is 0.102. The fourth-order valence-electron chi connectivity index (χ4n) is 1.76. The number of halogens is 1. The van der Waals surface area contributed by atoms with Crippen molar-refractivity contribution in [3.8, 4) is 5.75 Å². The van der Waals surface area contributed by atoms with Crippen molar-refractivity contribution >= 4 is 21.7 Å². The molecule has 0 saturated heterocycles. The van der Waals surface area contributed by atoms with E-state index in [2.05, 4.69) is 21.0 Å². The van der Waals surface area contributed by atoms with E-state index in [1.165, 1.54) is 18.0 Å². The molecule has 2 aromatic rings. The summed E-state index contributed by atoms with van der Waals surface area (Å²) in [6, 6.07) is 5.62. The Morgan fingerprint density at radius 2 is 2.17 bits per heavy atom. The molecule has 2 rings (SSSR count). The van der Waals surface area contributed by atoms with Crippen LogP contribution in [0.5, 0.6) is 5.75 Å². The highest BCUT2D eigenvalue weighted by atomic mass is 79.9. The normalized spacial score (nSPS) is 10.4. The van der Waals surface area contributed by atoms with Crippen molar-refractivity contribution in [1.29, 1.82) is 0 Å².